The lowest BCUT2D eigenvalue weighted by molar-refractivity contribution is -0.143. The van der Waals surface area contributed by atoms with E-state index in [9.17, 15) is 21.6 Å². The number of nitrogens with one attached hydrogen (secondary N) is 1. The number of ether oxygens (including phenoxy) is 2. The van der Waals surface area contributed by atoms with Crippen LogP contribution in [0.3, 0.4) is 0 Å². The Balaban J connectivity index is 1.78. The van der Waals surface area contributed by atoms with E-state index in [4.69, 9.17) is 9.47 Å². The van der Waals surface area contributed by atoms with Gasteiger partial charge in [-0.05, 0) is 12.1 Å². The molecule has 1 atom stereocenters. The second-order valence-electron chi connectivity index (χ2n) is 5.39. The van der Waals surface area contributed by atoms with E-state index in [0.717, 1.165) is 4.31 Å². The van der Waals surface area contributed by atoms with Gasteiger partial charge in [0.25, 0.3) is 0 Å². The topological polar surface area (TPSA) is 84.5 Å². The zero-order valence-electron chi connectivity index (χ0n) is 12.9. The van der Waals surface area contributed by atoms with Crippen LogP contribution in [0.25, 0.3) is 0 Å². The molecule has 0 saturated carbocycles. The third kappa shape index (κ3) is 3.42. The average molecular weight is 377 g/mol. The van der Waals surface area contributed by atoms with Crippen LogP contribution in [-0.2, 0) is 16.2 Å². The highest BCUT2D eigenvalue weighted by Gasteiger charge is 2.41. The molecule has 2 aromatic rings. The summed E-state index contributed by atoms with van der Waals surface area (Å²) in [6.07, 6.45) is -4.87. The third-order valence-corrected chi connectivity index (χ3v) is 5.44. The van der Waals surface area contributed by atoms with Gasteiger partial charge < -0.3 is 9.47 Å². The van der Waals surface area contributed by atoms with Gasteiger partial charge in [-0.2, -0.15) is 22.6 Å². The molecule has 1 aromatic carbocycles. The Morgan fingerprint density at radius 2 is 2.00 bits per heavy atom. The quantitative estimate of drug-likeness (QED) is 0.880. The number of rotatable bonds is 4. The number of halogens is 3. The second-order valence-corrected chi connectivity index (χ2v) is 7.40. The van der Waals surface area contributed by atoms with Crippen LogP contribution in [0.5, 0.6) is 11.5 Å². The van der Waals surface area contributed by atoms with Gasteiger partial charge in [-0.3, -0.25) is 5.10 Å². The van der Waals surface area contributed by atoms with Gasteiger partial charge in [0.1, 0.15) is 17.6 Å². The van der Waals surface area contributed by atoms with Crippen LogP contribution in [0.1, 0.15) is 5.69 Å². The maximum absolute atomic E-state index is 12.9. The number of nitrogens with zero attached hydrogens (tertiary/aromatic N) is 2. The molecule has 0 saturated heterocycles. The third-order valence-electron chi connectivity index (χ3n) is 3.60. The van der Waals surface area contributed by atoms with E-state index >= 15 is 0 Å². The van der Waals surface area contributed by atoms with E-state index in [1.807, 2.05) is 0 Å². The van der Waals surface area contributed by atoms with Crippen molar-refractivity contribution in [3.8, 4) is 11.5 Å². The normalized spacial score (nSPS) is 17.7. The monoisotopic (exact) mass is 377 g/mol. The summed E-state index contributed by atoms with van der Waals surface area (Å²) in [6.45, 7) is -0.104. The summed E-state index contributed by atoms with van der Waals surface area (Å²) in [5.74, 6) is 0.974. The van der Waals surface area contributed by atoms with E-state index in [1.54, 1.807) is 29.4 Å². The van der Waals surface area contributed by atoms with Gasteiger partial charge in [0, 0.05) is 7.05 Å². The Morgan fingerprint density at radius 3 is 2.68 bits per heavy atom. The van der Waals surface area contributed by atoms with Gasteiger partial charge in [-0.15, -0.1) is 0 Å². The largest absolute Gasteiger partial charge is 0.486 e. The maximum atomic E-state index is 12.9. The van der Waals surface area contributed by atoms with Crippen molar-refractivity contribution in [2.24, 2.45) is 0 Å². The van der Waals surface area contributed by atoms with Crippen LogP contribution in [0, 0.1) is 0 Å². The van der Waals surface area contributed by atoms with Crippen LogP contribution in [-0.4, -0.2) is 49.2 Å². The molecule has 25 heavy (non-hydrogen) atoms. The molecule has 0 amide bonds. The Bertz CT molecular complexity index is 866. The molecular formula is C14H14F3N3O4S. The number of sulfonamides is 1. The van der Waals surface area contributed by atoms with Crippen molar-refractivity contribution >= 4 is 10.0 Å². The van der Waals surface area contributed by atoms with E-state index in [0.29, 0.717) is 17.7 Å². The molecule has 136 valence electrons. The molecule has 0 spiro atoms. The van der Waals surface area contributed by atoms with E-state index in [1.165, 1.54) is 7.05 Å². The minimum atomic E-state index is -4.86. The first-order chi connectivity index (χ1) is 11.7. The van der Waals surface area contributed by atoms with Crippen molar-refractivity contribution in [1.29, 1.82) is 0 Å². The number of para-hydroxylation sites is 2. The number of hydrogen-bond donors (Lipinski definition) is 1. The number of aromatic nitrogens is 2. The van der Waals surface area contributed by atoms with Crippen LogP contribution >= 0.6 is 0 Å². The second kappa shape index (κ2) is 6.23. The predicted octanol–water partition coefficient (Wildman–Crippen LogP) is 1.89. The molecule has 0 aliphatic carbocycles. The van der Waals surface area contributed by atoms with Gasteiger partial charge in [-0.25, -0.2) is 8.42 Å². The highest BCUT2D eigenvalue weighted by Crippen LogP contribution is 2.34. The maximum Gasteiger partial charge on any atom is 0.434 e. The first-order valence-corrected chi connectivity index (χ1v) is 8.59. The molecular weight excluding hydrogens is 363 g/mol. The van der Waals surface area contributed by atoms with E-state index in [2.05, 4.69) is 5.10 Å². The molecule has 2 heterocycles. The smallest absolute Gasteiger partial charge is 0.434 e. The van der Waals surface area contributed by atoms with Crippen molar-refractivity contribution in [1.82, 2.24) is 14.5 Å². The minimum Gasteiger partial charge on any atom is -0.486 e. The lowest BCUT2D eigenvalue weighted by Gasteiger charge is -2.29. The highest BCUT2D eigenvalue weighted by atomic mass is 32.2. The highest BCUT2D eigenvalue weighted by molar-refractivity contribution is 7.89. The van der Waals surface area contributed by atoms with Crippen molar-refractivity contribution in [3.05, 3.63) is 36.2 Å². The van der Waals surface area contributed by atoms with E-state index in [-0.39, 0.29) is 13.2 Å². The standard InChI is InChI=1S/C14H14F3N3O4S/c1-20(7-9-8-23-10-4-2-3-5-11(10)24-9)25(21,22)12-6-18-19-13(12)14(15,16)17/h2-6,9H,7-8H2,1H3,(H,18,19). The summed E-state index contributed by atoms with van der Waals surface area (Å²) < 4.78 is 75.5. The zero-order chi connectivity index (χ0) is 18.2. The molecule has 1 aliphatic rings. The molecule has 1 N–H and O–H groups in total. The fourth-order valence-electron chi connectivity index (χ4n) is 2.38. The molecule has 1 aliphatic heterocycles. The number of fused-ring (bicyclic) bond motifs is 1. The SMILES string of the molecule is CN(CC1COc2ccccc2O1)S(=O)(=O)c1cn[nH]c1C(F)(F)F. The Hall–Kier alpha value is -2.27. The van der Waals surface area contributed by atoms with Crippen LogP contribution in [0.4, 0.5) is 13.2 Å². The fourth-order valence-corrected chi connectivity index (χ4v) is 3.68. The average Bonchev–Trinajstić information content (AvgIpc) is 3.05. The van der Waals surface area contributed by atoms with Crippen molar-refractivity contribution < 1.29 is 31.1 Å². The zero-order valence-corrected chi connectivity index (χ0v) is 13.8. The number of benzene rings is 1. The predicted molar refractivity (Wildman–Crippen MR) is 79.8 cm³/mol. The number of hydrogen-bond acceptors (Lipinski definition) is 5. The molecule has 1 unspecified atom stereocenters. The van der Waals surface area contributed by atoms with Crippen molar-refractivity contribution in [2.75, 3.05) is 20.2 Å². The lowest BCUT2D eigenvalue weighted by Crippen LogP contribution is -2.42. The first kappa shape index (κ1) is 17.5. The number of H-pyrrole nitrogens is 1. The summed E-state index contributed by atoms with van der Waals surface area (Å²) in [5.41, 5.74) is -1.41. The van der Waals surface area contributed by atoms with Gasteiger partial charge in [0.2, 0.25) is 10.0 Å². The summed E-state index contributed by atoms with van der Waals surface area (Å²) in [4.78, 5) is -0.931. The van der Waals surface area contributed by atoms with Crippen LogP contribution in [0.15, 0.2) is 35.4 Å². The first-order valence-electron chi connectivity index (χ1n) is 7.15. The van der Waals surface area contributed by atoms with E-state index < -0.39 is 32.9 Å². The van der Waals surface area contributed by atoms with Gasteiger partial charge in [0.05, 0.1) is 12.7 Å². The Labute approximate surface area is 141 Å². The van der Waals surface area contributed by atoms with Crippen LogP contribution in [0.2, 0.25) is 0 Å². The summed E-state index contributed by atoms with van der Waals surface area (Å²) in [7, 11) is -3.23. The lowest BCUT2D eigenvalue weighted by atomic mass is 10.2. The molecule has 1 aromatic heterocycles. The molecule has 11 heteroatoms. The Morgan fingerprint density at radius 1 is 1.32 bits per heavy atom. The van der Waals surface area contributed by atoms with Gasteiger partial charge >= 0.3 is 6.18 Å². The molecule has 7 nitrogen and oxygen atoms in total. The number of likely N-dealkylation sites (N-methyl/N-ethyl adjacent to an activating group) is 1. The number of alkyl halides is 3. The molecule has 0 fully saturated rings. The van der Waals surface area contributed by atoms with Crippen molar-refractivity contribution in [2.45, 2.75) is 17.2 Å². The summed E-state index contributed by atoms with van der Waals surface area (Å²) >= 11 is 0. The van der Waals surface area contributed by atoms with Crippen LogP contribution < -0.4 is 9.47 Å². The molecule has 0 radical (unpaired) electrons. The van der Waals surface area contributed by atoms with Crippen molar-refractivity contribution in [3.63, 3.8) is 0 Å². The van der Waals surface area contributed by atoms with Gasteiger partial charge in [0.15, 0.2) is 17.2 Å². The summed E-state index contributed by atoms with van der Waals surface area (Å²) in [5, 5.41) is 4.89. The minimum absolute atomic E-state index is 0.0778. The fraction of sp³-hybridized carbons (Fsp3) is 0.357. The Kier molecular flexibility index (Phi) is 4.37. The summed E-state index contributed by atoms with van der Waals surface area (Å²) in [6, 6.07) is 6.85. The molecule has 0 bridgehead atoms. The molecule has 3 rings (SSSR count). The number of aromatic amines is 1. The van der Waals surface area contributed by atoms with Gasteiger partial charge in [-0.1, -0.05) is 12.1 Å².